The summed E-state index contributed by atoms with van der Waals surface area (Å²) in [6.07, 6.45) is -1.73. The summed E-state index contributed by atoms with van der Waals surface area (Å²) in [5.41, 5.74) is -4.06. The van der Waals surface area contributed by atoms with Gasteiger partial charge < -0.3 is 10.6 Å². The van der Waals surface area contributed by atoms with Crippen molar-refractivity contribution in [3.63, 3.8) is 0 Å². The van der Waals surface area contributed by atoms with E-state index in [0.29, 0.717) is 42.9 Å². The largest absolute Gasteiger partial charge is 0.418 e. The Bertz CT molecular complexity index is 1140. The lowest BCUT2D eigenvalue weighted by molar-refractivity contribution is -0.141. The Hall–Kier alpha value is -2.52. The number of hydrogen-bond donors (Lipinski definition) is 2. The molecule has 0 unspecified atom stereocenters. The van der Waals surface area contributed by atoms with Gasteiger partial charge in [0.05, 0.1) is 16.8 Å². The Morgan fingerprint density at radius 3 is 2.38 bits per heavy atom. The van der Waals surface area contributed by atoms with E-state index >= 15 is 0 Å². The van der Waals surface area contributed by atoms with E-state index in [1.807, 2.05) is 13.0 Å². The van der Waals surface area contributed by atoms with Gasteiger partial charge in [0.15, 0.2) is 0 Å². The number of carbonyl (C=O) groups excluding carboxylic acids is 2. The summed E-state index contributed by atoms with van der Waals surface area (Å²) in [5, 5.41) is 5.33. The number of amides is 2. The molecule has 2 amide bonds. The summed E-state index contributed by atoms with van der Waals surface area (Å²) in [7, 11) is 0. The first-order chi connectivity index (χ1) is 17.1. The number of halogens is 6. The number of hydrogen-bond acceptors (Lipinski definition) is 2. The maximum atomic E-state index is 13.6. The van der Waals surface area contributed by atoms with Gasteiger partial charge >= 0.3 is 12.4 Å². The highest BCUT2D eigenvalue weighted by Crippen LogP contribution is 2.65. The van der Waals surface area contributed by atoms with Gasteiger partial charge in [0.2, 0.25) is 11.8 Å². The first-order valence-electron chi connectivity index (χ1n) is 12.7. The van der Waals surface area contributed by atoms with Crippen LogP contribution in [0.3, 0.4) is 0 Å². The second-order valence-electron chi connectivity index (χ2n) is 11.6. The fourth-order valence-electron chi connectivity index (χ4n) is 8.06. The minimum absolute atomic E-state index is 0.0535. The van der Waals surface area contributed by atoms with Crippen LogP contribution >= 0.6 is 0 Å². The molecular formula is C27H30F6N2O2. The monoisotopic (exact) mass is 528 g/mol. The molecular weight excluding hydrogens is 498 g/mol. The molecule has 0 saturated heterocycles. The first kappa shape index (κ1) is 26.1. The Morgan fingerprint density at radius 2 is 1.70 bits per heavy atom. The van der Waals surface area contributed by atoms with Crippen LogP contribution in [0.1, 0.15) is 63.5 Å². The topological polar surface area (TPSA) is 58.2 Å². The van der Waals surface area contributed by atoms with Crippen LogP contribution in [0.4, 0.5) is 32.0 Å². The molecule has 2 N–H and O–H groups in total. The van der Waals surface area contributed by atoms with Crippen molar-refractivity contribution in [1.82, 2.24) is 5.32 Å². The zero-order chi connectivity index (χ0) is 27.0. The molecule has 1 heterocycles. The van der Waals surface area contributed by atoms with Crippen molar-refractivity contribution in [2.45, 2.75) is 70.8 Å². The molecule has 4 nitrogen and oxygen atoms in total. The van der Waals surface area contributed by atoms with E-state index < -0.39 is 46.4 Å². The molecule has 0 radical (unpaired) electrons. The number of alkyl halides is 6. The van der Waals surface area contributed by atoms with Gasteiger partial charge in [0.25, 0.3) is 0 Å². The predicted octanol–water partition coefficient (Wildman–Crippen LogP) is 6.58. The van der Waals surface area contributed by atoms with Crippen molar-refractivity contribution in [1.29, 1.82) is 0 Å². The molecule has 5 rings (SSSR count). The fourth-order valence-corrected chi connectivity index (χ4v) is 8.06. The Balaban J connectivity index is 1.40. The van der Waals surface area contributed by atoms with Crippen molar-refractivity contribution >= 4 is 17.5 Å². The van der Waals surface area contributed by atoms with Crippen LogP contribution in [0, 0.1) is 34.5 Å². The third kappa shape index (κ3) is 4.24. The third-order valence-corrected chi connectivity index (χ3v) is 9.91. The molecule has 37 heavy (non-hydrogen) atoms. The highest BCUT2D eigenvalue weighted by molar-refractivity contribution is 5.94. The Morgan fingerprint density at radius 1 is 0.973 bits per heavy atom. The normalized spacial score (nSPS) is 37.3. The van der Waals surface area contributed by atoms with Crippen molar-refractivity contribution in [3.05, 3.63) is 41.5 Å². The van der Waals surface area contributed by atoms with Crippen LogP contribution in [-0.4, -0.2) is 17.9 Å². The van der Waals surface area contributed by atoms with Gasteiger partial charge in [-0.3, -0.25) is 9.59 Å². The zero-order valence-electron chi connectivity index (χ0n) is 20.6. The lowest BCUT2D eigenvalue weighted by atomic mass is 9.48. The number of fused-ring (bicyclic) bond motifs is 5. The van der Waals surface area contributed by atoms with Crippen LogP contribution in [0.25, 0.3) is 0 Å². The van der Waals surface area contributed by atoms with Crippen molar-refractivity contribution in [2.75, 3.05) is 5.32 Å². The summed E-state index contributed by atoms with van der Waals surface area (Å²) >= 11 is 0. The Labute approximate surface area is 211 Å². The van der Waals surface area contributed by atoms with E-state index in [-0.39, 0.29) is 23.3 Å². The van der Waals surface area contributed by atoms with Gasteiger partial charge in [-0.25, -0.2) is 0 Å². The summed E-state index contributed by atoms with van der Waals surface area (Å²) in [6, 6.07) is 1.18. The molecule has 3 aliphatic carbocycles. The van der Waals surface area contributed by atoms with E-state index in [2.05, 4.69) is 17.6 Å². The van der Waals surface area contributed by atoms with Gasteiger partial charge in [0, 0.05) is 17.4 Å². The SMILES string of the molecule is C[C@]12C=CC(=O)N[C@@H]1CC[C@@H]1[C@@H]2CC[C@]2(C)[C@H](C(=O)Nc3cc(C(F)(F)F)ccc3C(F)(F)F)CC[C@@H]12. The maximum Gasteiger partial charge on any atom is 0.418 e. The van der Waals surface area contributed by atoms with E-state index in [4.69, 9.17) is 0 Å². The molecule has 7 atom stereocenters. The van der Waals surface area contributed by atoms with Gasteiger partial charge in [-0.1, -0.05) is 19.9 Å². The molecule has 1 aliphatic heterocycles. The second-order valence-corrected chi connectivity index (χ2v) is 11.6. The van der Waals surface area contributed by atoms with Crippen LogP contribution in [0.2, 0.25) is 0 Å². The standard InChI is InChI=1S/C27H30F6N2O2/c1-24-11-9-17-15(4-8-21-25(17,2)12-10-22(36)35-21)16(24)6-7-19(24)23(37)34-20-13-14(26(28,29)30)3-5-18(20)27(31,32)33/h3,5,10,12-13,15-17,19,21H,4,6-9,11H2,1-2H3,(H,34,37)(H,35,36)/t15-,16-,17-,19-,21+,24-,25+/m0/s1. The summed E-state index contributed by atoms with van der Waals surface area (Å²) in [5.74, 6) is -0.555. The average molecular weight is 529 g/mol. The molecule has 0 aromatic heterocycles. The number of benzene rings is 1. The van der Waals surface area contributed by atoms with Crippen molar-refractivity contribution in [3.8, 4) is 0 Å². The first-order valence-corrected chi connectivity index (χ1v) is 12.7. The minimum Gasteiger partial charge on any atom is -0.349 e. The number of carbonyl (C=O) groups is 2. The highest BCUT2D eigenvalue weighted by atomic mass is 19.4. The average Bonchev–Trinajstić information content (AvgIpc) is 3.15. The molecule has 1 aromatic carbocycles. The minimum atomic E-state index is -4.91. The number of rotatable bonds is 2. The summed E-state index contributed by atoms with van der Waals surface area (Å²) < 4.78 is 80.4. The number of anilines is 1. The Kier molecular flexibility index (Phi) is 5.99. The van der Waals surface area contributed by atoms with E-state index in [1.165, 1.54) is 0 Å². The zero-order valence-corrected chi connectivity index (χ0v) is 20.6. The van der Waals surface area contributed by atoms with E-state index in [9.17, 15) is 35.9 Å². The summed E-state index contributed by atoms with van der Waals surface area (Å²) in [6.45, 7) is 4.17. The van der Waals surface area contributed by atoms with Gasteiger partial charge in [-0.2, -0.15) is 26.3 Å². The van der Waals surface area contributed by atoms with E-state index in [0.717, 1.165) is 25.7 Å². The molecule has 10 heteroatoms. The maximum absolute atomic E-state index is 13.6. The quantitative estimate of drug-likeness (QED) is 0.427. The second kappa shape index (κ2) is 8.50. The van der Waals surface area contributed by atoms with Gasteiger partial charge in [0.1, 0.15) is 0 Å². The van der Waals surface area contributed by atoms with Gasteiger partial charge in [-0.15, -0.1) is 0 Å². The lowest BCUT2D eigenvalue weighted by Gasteiger charge is -2.58. The van der Waals surface area contributed by atoms with Crippen LogP contribution in [0.15, 0.2) is 30.4 Å². The van der Waals surface area contributed by atoms with Crippen molar-refractivity contribution in [2.24, 2.45) is 34.5 Å². The highest BCUT2D eigenvalue weighted by Gasteiger charge is 2.61. The molecule has 0 spiro atoms. The van der Waals surface area contributed by atoms with Crippen LogP contribution in [0.5, 0.6) is 0 Å². The van der Waals surface area contributed by atoms with E-state index in [1.54, 1.807) is 6.08 Å². The van der Waals surface area contributed by atoms with Crippen LogP contribution in [-0.2, 0) is 21.9 Å². The third-order valence-electron chi connectivity index (χ3n) is 9.91. The number of nitrogens with one attached hydrogen (secondary N) is 2. The lowest BCUT2D eigenvalue weighted by Crippen LogP contribution is -2.59. The molecule has 3 saturated carbocycles. The fraction of sp³-hybridized carbons (Fsp3) is 0.630. The summed E-state index contributed by atoms with van der Waals surface area (Å²) in [4.78, 5) is 25.3. The smallest absolute Gasteiger partial charge is 0.349 e. The molecule has 4 aliphatic rings. The molecule has 202 valence electrons. The molecule has 0 bridgehead atoms. The van der Waals surface area contributed by atoms with Gasteiger partial charge in [-0.05, 0) is 86.0 Å². The molecule has 1 aromatic rings. The molecule has 3 fully saturated rings. The predicted molar refractivity (Wildman–Crippen MR) is 124 cm³/mol. The van der Waals surface area contributed by atoms with Crippen molar-refractivity contribution < 1.29 is 35.9 Å². The van der Waals surface area contributed by atoms with Crippen LogP contribution < -0.4 is 10.6 Å².